The molecule has 0 aliphatic carbocycles. The van der Waals surface area contributed by atoms with E-state index < -0.39 is 22.8 Å². The smallest absolute Gasteiger partial charge is 0.328 e. The summed E-state index contributed by atoms with van der Waals surface area (Å²) >= 11 is 5.77. The van der Waals surface area contributed by atoms with Gasteiger partial charge in [0.2, 0.25) is 0 Å². The Hall–Kier alpha value is -2.19. The number of halogens is 1. The number of nitrogens with one attached hydrogen (secondary N) is 1. The van der Waals surface area contributed by atoms with Crippen LogP contribution in [0, 0.1) is 10.1 Å². The van der Waals surface area contributed by atoms with Crippen molar-refractivity contribution in [3.63, 3.8) is 0 Å². The second kappa shape index (κ2) is 6.83. The number of ether oxygens (including phenoxy) is 1. The van der Waals surface area contributed by atoms with E-state index in [2.05, 4.69) is 10.1 Å². The van der Waals surface area contributed by atoms with Crippen molar-refractivity contribution in [3.8, 4) is 0 Å². The zero-order chi connectivity index (χ0) is 15.3. The van der Waals surface area contributed by atoms with Crippen LogP contribution in [0.2, 0.25) is 5.02 Å². The molecule has 0 saturated carbocycles. The van der Waals surface area contributed by atoms with Crippen LogP contribution in [0.3, 0.4) is 0 Å². The lowest BCUT2D eigenvalue weighted by atomic mass is 10.1. The van der Waals surface area contributed by atoms with E-state index in [1.165, 1.54) is 13.2 Å². The second-order valence-corrected chi connectivity index (χ2v) is 4.15. The van der Waals surface area contributed by atoms with E-state index >= 15 is 0 Å². The Morgan fingerprint density at radius 3 is 2.70 bits per heavy atom. The van der Waals surface area contributed by atoms with Gasteiger partial charge in [-0.15, -0.1) is 0 Å². The molecule has 0 heterocycles. The van der Waals surface area contributed by atoms with Crippen molar-refractivity contribution in [2.75, 3.05) is 13.7 Å². The van der Waals surface area contributed by atoms with Gasteiger partial charge in [0, 0.05) is 19.2 Å². The summed E-state index contributed by atoms with van der Waals surface area (Å²) in [7, 11) is 1.28. The number of rotatable bonds is 6. The first-order valence-corrected chi connectivity index (χ1v) is 5.71. The highest BCUT2D eigenvalue weighted by molar-refractivity contribution is 6.34. The lowest BCUT2D eigenvalue weighted by molar-refractivity contribution is -0.384. The fourth-order valence-electron chi connectivity index (χ4n) is 1.38. The van der Waals surface area contributed by atoms with Crippen molar-refractivity contribution in [1.29, 1.82) is 0 Å². The summed E-state index contributed by atoms with van der Waals surface area (Å²) in [6, 6.07) is 2.04. The molecule has 0 radical (unpaired) electrons. The predicted octanol–water partition coefficient (Wildman–Crippen LogP) is 1.08. The molecule has 1 amide bonds. The van der Waals surface area contributed by atoms with Gasteiger partial charge in [0.1, 0.15) is 0 Å². The van der Waals surface area contributed by atoms with Gasteiger partial charge in [0.05, 0.1) is 22.1 Å². The van der Waals surface area contributed by atoms with Crippen LogP contribution in [0.15, 0.2) is 18.2 Å². The first-order chi connectivity index (χ1) is 9.36. The molecule has 1 unspecified atom stereocenters. The first kappa shape index (κ1) is 15.9. The standard InChI is InChI=1S/C11H11ClN2O6/c1-20-5-9(11(16)17)13-10(15)7-4-6(14(18)19)2-3-8(7)12/h2-4,9H,5H2,1H3,(H,13,15)(H,16,17). The molecule has 0 aliphatic rings. The molecule has 2 N–H and O–H groups in total. The summed E-state index contributed by atoms with van der Waals surface area (Å²) in [5, 5.41) is 21.7. The van der Waals surface area contributed by atoms with Gasteiger partial charge in [0.15, 0.2) is 6.04 Å². The Kier molecular flexibility index (Phi) is 5.42. The molecule has 0 fully saturated rings. The van der Waals surface area contributed by atoms with Gasteiger partial charge in [0.25, 0.3) is 11.6 Å². The molecule has 1 aromatic carbocycles. The Morgan fingerprint density at radius 1 is 1.55 bits per heavy atom. The highest BCUT2D eigenvalue weighted by Gasteiger charge is 2.23. The number of hydrogen-bond acceptors (Lipinski definition) is 5. The average Bonchev–Trinajstić information content (AvgIpc) is 2.38. The van der Waals surface area contributed by atoms with Gasteiger partial charge in [-0.1, -0.05) is 11.6 Å². The summed E-state index contributed by atoms with van der Waals surface area (Å²) in [4.78, 5) is 32.7. The maximum absolute atomic E-state index is 11.9. The number of nitrogens with zero attached hydrogens (tertiary/aromatic N) is 1. The number of carbonyl (C=O) groups excluding carboxylic acids is 1. The van der Waals surface area contributed by atoms with Crippen molar-refractivity contribution < 1.29 is 24.4 Å². The molecule has 1 rings (SSSR count). The van der Waals surface area contributed by atoms with Crippen LogP contribution in [-0.4, -0.2) is 41.7 Å². The van der Waals surface area contributed by atoms with Gasteiger partial charge in [-0.2, -0.15) is 0 Å². The average molecular weight is 303 g/mol. The summed E-state index contributed by atoms with van der Waals surface area (Å²) in [6.07, 6.45) is 0. The van der Waals surface area contributed by atoms with E-state index in [1.54, 1.807) is 0 Å². The number of nitro groups is 1. The highest BCUT2D eigenvalue weighted by atomic mass is 35.5. The molecule has 0 aromatic heterocycles. The van der Waals surface area contributed by atoms with Crippen LogP contribution in [-0.2, 0) is 9.53 Å². The molecular weight excluding hydrogens is 292 g/mol. The van der Waals surface area contributed by atoms with E-state index in [-0.39, 0.29) is 22.9 Å². The van der Waals surface area contributed by atoms with Crippen LogP contribution >= 0.6 is 11.6 Å². The van der Waals surface area contributed by atoms with Gasteiger partial charge in [-0.25, -0.2) is 4.79 Å². The molecule has 0 spiro atoms. The van der Waals surface area contributed by atoms with Gasteiger partial charge in [-0.05, 0) is 6.07 Å². The van der Waals surface area contributed by atoms with Crippen LogP contribution in [0.25, 0.3) is 0 Å². The maximum atomic E-state index is 11.9. The lowest BCUT2D eigenvalue weighted by Crippen LogP contribution is -2.43. The van der Waals surface area contributed by atoms with Crippen LogP contribution in [0.5, 0.6) is 0 Å². The Labute approximate surface area is 118 Å². The van der Waals surface area contributed by atoms with Crippen molar-refractivity contribution in [2.45, 2.75) is 6.04 Å². The number of methoxy groups -OCH3 is 1. The number of non-ortho nitro benzene ring substituents is 1. The quantitative estimate of drug-likeness (QED) is 0.599. The number of benzene rings is 1. The molecule has 9 heteroatoms. The van der Waals surface area contributed by atoms with E-state index in [9.17, 15) is 19.7 Å². The van der Waals surface area contributed by atoms with Crippen molar-refractivity contribution in [3.05, 3.63) is 38.9 Å². The Morgan fingerprint density at radius 2 is 2.20 bits per heavy atom. The number of carbonyl (C=O) groups is 2. The maximum Gasteiger partial charge on any atom is 0.328 e. The number of nitro benzene ring substituents is 1. The van der Waals surface area contributed by atoms with Gasteiger partial charge < -0.3 is 15.2 Å². The summed E-state index contributed by atoms with van der Waals surface area (Å²) in [5.74, 6) is -2.12. The minimum atomic E-state index is -1.29. The van der Waals surface area contributed by atoms with E-state index in [1.807, 2.05) is 0 Å². The zero-order valence-corrected chi connectivity index (χ0v) is 11.1. The third kappa shape index (κ3) is 3.90. The fourth-order valence-corrected chi connectivity index (χ4v) is 1.58. The van der Waals surface area contributed by atoms with Gasteiger partial charge in [-0.3, -0.25) is 14.9 Å². The van der Waals surface area contributed by atoms with Crippen molar-refractivity contribution in [2.24, 2.45) is 0 Å². The molecule has 1 atom stereocenters. The normalized spacial score (nSPS) is 11.7. The van der Waals surface area contributed by atoms with E-state index in [0.29, 0.717) is 0 Å². The molecule has 1 aromatic rings. The highest BCUT2D eigenvalue weighted by Crippen LogP contribution is 2.22. The number of carboxylic acid groups (broad SMARTS) is 1. The number of aliphatic carboxylic acids is 1. The summed E-state index contributed by atoms with van der Waals surface area (Å²) in [5.41, 5.74) is -0.499. The third-order valence-corrected chi connectivity index (χ3v) is 2.67. The molecule has 108 valence electrons. The van der Waals surface area contributed by atoms with Gasteiger partial charge >= 0.3 is 5.97 Å². The summed E-state index contributed by atoms with van der Waals surface area (Å²) < 4.78 is 4.66. The SMILES string of the molecule is COCC(NC(=O)c1cc([N+](=O)[O-])ccc1Cl)C(=O)O. The van der Waals surface area contributed by atoms with Crippen LogP contribution in [0.1, 0.15) is 10.4 Å². The minimum absolute atomic E-state index is 0.0188. The lowest BCUT2D eigenvalue weighted by Gasteiger charge is -2.13. The van der Waals surface area contributed by atoms with Crippen LogP contribution < -0.4 is 5.32 Å². The second-order valence-electron chi connectivity index (χ2n) is 3.74. The van der Waals surface area contributed by atoms with E-state index in [0.717, 1.165) is 12.1 Å². The summed E-state index contributed by atoms with van der Waals surface area (Å²) in [6.45, 7) is -0.242. The monoisotopic (exact) mass is 302 g/mol. The first-order valence-electron chi connectivity index (χ1n) is 5.33. The van der Waals surface area contributed by atoms with Crippen molar-refractivity contribution >= 4 is 29.2 Å². The Balaban J connectivity index is 2.99. The predicted molar refractivity (Wildman–Crippen MR) is 68.9 cm³/mol. The topological polar surface area (TPSA) is 119 Å². The number of amides is 1. The molecule has 0 saturated heterocycles. The molecular formula is C11H11ClN2O6. The third-order valence-electron chi connectivity index (χ3n) is 2.34. The molecule has 0 bridgehead atoms. The number of hydrogen-bond donors (Lipinski definition) is 2. The zero-order valence-electron chi connectivity index (χ0n) is 10.3. The molecule has 8 nitrogen and oxygen atoms in total. The van der Waals surface area contributed by atoms with Crippen molar-refractivity contribution in [1.82, 2.24) is 5.32 Å². The largest absolute Gasteiger partial charge is 0.480 e. The fraction of sp³-hybridized carbons (Fsp3) is 0.273. The Bertz CT molecular complexity index is 548. The molecule has 0 aliphatic heterocycles. The number of carboxylic acids is 1. The van der Waals surface area contributed by atoms with E-state index in [4.69, 9.17) is 16.7 Å². The van der Waals surface area contributed by atoms with Crippen LogP contribution in [0.4, 0.5) is 5.69 Å². The molecule has 20 heavy (non-hydrogen) atoms. The minimum Gasteiger partial charge on any atom is -0.480 e.